The van der Waals surface area contributed by atoms with E-state index in [9.17, 15) is 19.7 Å². The van der Waals surface area contributed by atoms with Crippen molar-refractivity contribution in [1.82, 2.24) is 0 Å². The first-order valence-electron chi connectivity index (χ1n) is 4.16. The first-order chi connectivity index (χ1) is 7.02. The fourth-order valence-corrected chi connectivity index (χ4v) is 1.59. The number of hydrogen-bond donors (Lipinski definition) is 1. The van der Waals surface area contributed by atoms with Gasteiger partial charge in [-0.2, -0.15) is 0 Å². The van der Waals surface area contributed by atoms with Gasteiger partial charge in [0.25, 0.3) is 17.4 Å². The van der Waals surface area contributed by atoms with Crippen LogP contribution in [0.3, 0.4) is 0 Å². The standard InChI is InChI=1S/C9H6N2O4/c1-4-6(11(14)15)3-2-5-7(4)8(12)9(13)10-5/h2-3H,1H3,(H,10,12,13). The number of rotatable bonds is 1. The quantitative estimate of drug-likeness (QED) is 0.422. The molecule has 1 aliphatic heterocycles. The number of ketones is 1. The number of nitro benzene ring substituents is 1. The minimum Gasteiger partial charge on any atom is -0.318 e. The molecule has 1 heterocycles. The van der Waals surface area contributed by atoms with Crippen LogP contribution in [0.4, 0.5) is 11.4 Å². The molecule has 0 bridgehead atoms. The lowest BCUT2D eigenvalue weighted by molar-refractivity contribution is -0.385. The fourth-order valence-electron chi connectivity index (χ4n) is 1.59. The van der Waals surface area contributed by atoms with Crippen LogP contribution in [0.1, 0.15) is 15.9 Å². The maximum atomic E-state index is 11.4. The van der Waals surface area contributed by atoms with Crippen molar-refractivity contribution >= 4 is 23.1 Å². The van der Waals surface area contributed by atoms with Crippen LogP contribution in [-0.4, -0.2) is 16.6 Å². The molecule has 0 unspecified atom stereocenters. The minimum atomic E-state index is -0.742. The maximum Gasteiger partial charge on any atom is 0.296 e. The molecule has 0 aliphatic carbocycles. The van der Waals surface area contributed by atoms with E-state index >= 15 is 0 Å². The van der Waals surface area contributed by atoms with Crippen LogP contribution in [-0.2, 0) is 4.79 Å². The number of hydrogen-bond acceptors (Lipinski definition) is 4. The van der Waals surface area contributed by atoms with E-state index in [0.717, 1.165) is 0 Å². The predicted octanol–water partition coefficient (Wildman–Crippen LogP) is 1.04. The summed E-state index contributed by atoms with van der Waals surface area (Å²) in [5.74, 6) is -1.46. The first-order valence-corrected chi connectivity index (χ1v) is 4.16. The van der Waals surface area contributed by atoms with Gasteiger partial charge in [0.15, 0.2) is 0 Å². The summed E-state index contributed by atoms with van der Waals surface area (Å²) in [4.78, 5) is 32.4. The summed E-state index contributed by atoms with van der Waals surface area (Å²) in [6, 6.07) is 2.64. The van der Waals surface area contributed by atoms with E-state index in [1.165, 1.54) is 19.1 Å². The zero-order valence-corrected chi connectivity index (χ0v) is 7.73. The Hall–Kier alpha value is -2.24. The van der Waals surface area contributed by atoms with Gasteiger partial charge < -0.3 is 5.32 Å². The molecular formula is C9H6N2O4. The van der Waals surface area contributed by atoms with Crippen LogP contribution in [0.15, 0.2) is 12.1 Å². The first kappa shape index (κ1) is 9.32. The molecule has 0 spiro atoms. The zero-order valence-electron chi connectivity index (χ0n) is 7.73. The lowest BCUT2D eigenvalue weighted by Gasteiger charge is -2.01. The molecule has 0 atom stereocenters. The number of carbonyl (C=O) groups excluding carboxylic acids is 2. The number of anilines is 1. The highest BCUT2D eigenvalue weighted by Gasteiger charge is 2.32. The van der Waals surface area contributed by atoms with E-state index in [1.54, 1.807) is 0 Å². The van der Waals surface area contributed by atoms with E-state index in [4.69, 9.17) is 0 Å². The molecule has 0 aromatic heterocycles. The normalized spacial score (nSPS) is 13.7. The van der Waals surface area contributed by atoms with Crippen molar-refractivity contribution in [2.45, 2.75) is 6.92 Å². The van der Waals surface area contributed by atoms with Crippen LogP contribution in [0.25, 0.3) is 0 Å². The van der Waals surface area contributed by atoms with Gasteiger partial charge in [-0.25, -0.2) is 0 Å². The minimum absolute atomic E-state index is 0.106. The molecule has 1 aliphatic rings. The van der Waals surface area contributed by atoms with Crippen LogP contribution >= 0.6 is 0 Å². The van der Waals surface area contributed by atoms with Gasteiger partial charge >= 0.3 is 0 Å². The highest BCUT2D eigenvalue weighted by Crippen LogP contribution is 2.31. The summed E-state index contributed by atoms with van der Waals surface area (Å²) < 4.78 is 0. The Kier molecular flexibility index (Phi) is 1.79. The van der Waals surface area contributed by atoms with Crippen molar-refractivity contribution in [2.75, 3.05) is 5.32 Å². The lowest BCUT2D eigenvalue weighted by atomic mass is 10.0. The average molecular weight is 206 g/mol. The van der Waals surface area contributed by atoms with Crippen LogP contribution in [0.2, 0.25) is 0 Å². The van der Waals surface area contributed by atoms with Gasteiger partial charge in [0.05, 0.1) is 16.2 Å². The third-order valence-corrected chi connectivity index (χ3v) is 2.31. The summed E-state index contributed by atoms with van der Waals surface area (Å²) in [7, 11) is 0. The molecular weight excluding hydrogens is 200 g/mol. The van der Waals surface area contributed by atoms with Crippen molar-refractivity contribution in [3.05, 3.63) is 33.4 Å². The molecule has 1 aromatic rings. The fraction of sp³-hybridized carbons (Fsp3) is 0.111. The second-order valence-electron chi connectivity index (χ2n) is 3.17. The number of nitrogens with zero attached hydrogens (tertiary/aromatic N) is 1. The molecule has 1 amide bonds. The molecule has 6 heteroatoms. The van der Waals surface area contributed by atoms with Crippen LogP contribution < -0.4 is 5.32 Å². The number of Topliss-reactive ketones (excluding diaryl/α,β-unsaturated/α-hetero) is 1. The molecule has 0 radical (unpaired) electrons. The zero-order chi connectivity index (χ0) is 11.2. The van der Waals surface area contributed by atoms with Gasteiger partial charge in [-0.1, -0.05) is 0 Å². The summed E-state index contributed by atoms with van der Waals surface area (Å²) in [6.45, 7) is 1.45. The van der Waals surface area contributed by atoms with Gasteiger partial charge in [0, 0.05) is 11.6 Å². The van der Waals surface area contributed by atoms with Gasteiger partial charge in [0.2, 0.25) is 0 Å². The molecule has 0 saturated heterocycles. The van der Waals surface area contributed by atoms with E-state index < -0.39 is 16.6 Å². The van der Waals surface area contributed by atoms with Gasteiger partial charge in [-0.3, -0.25) is 19.7 Å². The maximum absolute atomic E-state index is 11.4. The Morgan fingerprint density at radius 3 is 2.60 bits per heavy atom. The molecule has 76 valence electrons. The van der Waals surface area contributed by atoms with Crippen molar-refractivity contribution in [3.63, 3.8) is 0 Å². The smallest absolute Gasteiger partial charge is 0.296 e. The lowest BCUT2D eigenvalue weighted by Crippen LogP contribution is -2.13. The molecule has 1 N–H and O–H groups in total. The number of benzene rings is 1. The summed E-state index contributed by atoms with van der Waals surface area (Å²) >= 11 is 0. The molecule has 0 fully saturated rings. The molecule has 2 rings (SSSR count). The Morgan fingerprint density at radius 1 is 1.33 bits per heavy atom. The van der Waals surface area contributed by atoms with E-state index in [-0.39, 0.29) is 16.8 Å². The molecule has 6 nitrogen and oxygen atoms in total. The van der Waals surface area contributed by atoms with Gasteiger partial charge in [-0.05, 0) is 13.0 Å². The Labute approximate surface area is 84.0 Å². The number of amides is 1. The predicted molar refractivity (Wildman–Crippen MR) is 50.8 cm³/mol. The third kappa shape index (κ3) is 1.18. The summed E-state index contributed by atoms with van der Waals surface area (Å²) in [5.41, 5.74) is 0.516. The van der Waals surface area contributed by atoms with Crippen molar-refractivity contribution in [1.29, 1.82) is 0 Å². The van der Waals surface area contributed by atoms with Gasteiger partial charge in [-0.15, -0.1) is 0 Å². The largest absolute Gasteiger partial charge is 0.318 e. The summed E-state index contributed by atoms with van der Waals surface area (Å²) in [6.07, 6.45) is 0. The average Bonchev–Trinajstić information content (AvgIpc) is 2.43. The highest BCUT2D eigenvalue weighted by molar-refractivity contribution is 6.52. The van der Waals surface area contributed by atoms with Crippen molar-refractivity contribution in [2.24, 2.45) is 0 Å². The van der Waals surface area contributed by atoms with E-state index in [2.05, 4.69) is 5.32 Å². The Bertz CT molecular complexity index is 507. The number of fused-ring (bicyclic) bond motifs is 1. The monoisotopic (exact) mass is 206 g/mol. The number of nitro groups is 1. The second kappa shape index (κ2) is 2.88. The topological polar surface area (TPSA) is 89.3 Å². The van der Waals surface area contributed by atoms with E-state index in [0.29, 0.717) is 5.69 Å². The molecule has 15 heavy (non-hydrogen) atoms. The second-order valence-corrected chi connectivity index (χ2v) is 3.17. The third-order valence-electron chi connectivity index (χ3n) is 2.31. The number of nitrogens with one attached hydrogen (secondary N) is 1. The molecule has 1 aromatic carbocycles. The van der Waals surface area contributed by atoms with Crippen molar-refractivity contribution < 1.29 is 14.5 Å². The van der Waals surface area contributed by atoms with E-state index in [1.807, 2.05) is 0 Å². The van der Waals surface area contributed by atoms with Crippen LogP contribution in [0.5, 0.6) is 0 Å². The molecule has 0 saturated carbocycles. The van der Waals surface area contributed by atoms with Crippen molar-refractivity contribution in [3.8, 4) is 0 Å². The summed E-state index contributed by atoms with van der Waals surface area (Å²) in [5, 5.41) is 12.9. The van der Waals surface area contributed by atoms with Crippen LogP contribution in [0, 0.1) is 17.0 Å². The number of carbonyl (C=O) groups is 2. The Morgan fingerprint density at radius 2 is 2.00 bits per heavy atom. The Balaban J connectivity index is 2.70. The SMILES string of the molecule is Cc1c([N+](=O)[O-])ccc2c1C(=O)C(=O)N2. The van der Waals surface area contributed by atoms with Gasteiger partial charge in [0.1, 0.15) is 0 Å². The highest BCUT2D eigenvalue weighted by atomic mass is 16.6.